The van der Waals surface area contributed by atoms with Gasteiger partial charge in [-0.3, -0.25) is 9.79 Å². The molecular formula is C28H43N3O3. The fourth-order valence-corrected chi connectivity index (χ4v) is 3.23. The number of carbonyl (C=O) groups excluding carboxylic acids is 1. The SMILES string of the molecule is C=C/C=C(\C=C/C)C1C=CC=C(C(=O)N2CCNCC2COC(/C=C\C)=C/N=C)O1.CC.CC. The van der Waals surface area contributed by atoms with Crippen molar-refractivity contribution in [2.75, 3.05) is 26.2 Å². The average molecular weight is 470 g/mol. The van der Waals surface area contributed by atoms with Crippen LogP contribution in [0.4, 0.5) is 0 Å². The molecule has 0 aromatic carbocycles. The van der Waals surface area contributed by atoms with Gasteiger partial charge in [-0.15, -0.1) is 0 Å². The number of piperazine rings is 1. The number of nitrogens with zero attached hydrogens (tertiary/aromatic N) is 2. The average Bonchev–Trinajstić information content (AvgIpc) is 2.89. The maximum Gasteiger partial charge on any atom is 0.289 e. The molecule has 1 N–H and O–H groups in total. The molecule has 0 saturated carbocycles. The van der Waals surface area contributed by atoms with Crippen molar-refractivity contribution in [3.05, 3.63) is 84.6 Å². The number of amides is 1. The van der Waals surface area contributed by atoms with Gasteiger partial charge in [0, 0.05) is 19.6 Å². The van der Waals surface area contributed by atoms with Gasteiger partial charge in [-0.25, -0.2) is 0 Å². The van der Waals surface area contributed by atoms with E-state index >= 15 is 0 Å². The highest BCUT2D eigenvalue weighted by molar-refractivity contribution is 5.92. The van der Waals surface area contributed by atoms with Crippen molar-refractivity contribution in [3.8, 4) is 0 Å². The largest absolute Gasteiger partial charge is 0.490 e. The molecule has 6 heteroatoms. The van der Waals surface area contributed by atoms with Crippen LogP contribution in [0.2, 0.25) is 0 Å². The van der Waals surface area contributed by atoms with Gasteiger partial charge in [0.25, 0.3) is 5.91 Å². The standard InChI is InChI=1S/C24H31N3O3.2C2H6/c1-5-9-19(10-6-2)22-12-8-13-23(30-22)24(28)27-15-14-26-16-20(27)18-29-21(11-7-3)17-25-4;2*1-2/h5-13,17,20,22,26H,1,4,14-16,18H2,2-3H3;2*1-2H3/b10-6-,11-7-,19-9+,21-17+;;. The Morgan fingerprint density at radius 2 is 1.97 bits per heavy atom. The van der Waals surface area contributed by atoms with E-state index in [4.69, 9.17) is 9.47 Å². The molecule has 2 unspecified atom stereocenters. The first-order chi connectivity index (χ1) is 16.6. The van der Waals surface area contributed by atoms with Crippen LogP contribution in [0.15, 0.2) is 89.5 Å². The Hall–Kier alpha value is -3.12. The second-order valence-corrected chi connectivity index (χ2v) is 6.74. The summed E-state index contributed by atoms with van der Waals surface area (Å²) in [4.78, 5) is 18.8. The Balaban J connectivity index is 0.00000258. The van der Waals surface area contributed by atoms with Crippen LogP contribution in [0.5, 0.6) is 0 Å². The van der Waals surface area contributed by atoms with Gasteiger partial charge < -0.3 is 19.7 Å². The summed E-state index contributed by atoms with van der Waals surface area (Å²) in [5.41, 5.74) is 0.931. The van der Waals surface area contributed by atoms with Crippen LogP contribution < -0.4 is 5.32 Å². The van der Waals surface area contributed by atoms with Gasteiger partial charge >= 0.3 is 0 Å². The highest BCUT2D eigenvalue weighted by Gasteiger charge is 2.31. The molecule has 0 spiro atoms. The predicted octanol–water partition coefficient (Wildman–Crippen LogP) is 5.50. The van der Waals surface area contributed by atoms with Crippen molar-refractivity contribution >= 4 is 12.6 Å². The van der Waals surface area contributed by atoms with E-state index in [9.17, 15) is 4.79 Å². The van der Waals surface area contributed by atoms with Crippen molar-refractivity contribution in [3.63, 3.8) is 0 Å². The lowest BCUT2D eigenvalue weighted by Crippen LogP contribution is -2.56. The Bertz CT molecular complexity index is 804. The Labute approximate surface area is 206 Å². The quantitative estimate of drug-likeness (QED) is 0.275. The summed E-state index contributed by atoms with van der Waals surface area (Å²) in [5, 5.41) is 3.32. The van der Waals surface area contributed by atoms with E-state index < -0.39 is 0 Å². The molecule has 0 radical (unpaired) electrons. The second kappa shape index (κ2) is 19.4. The Kier molecular flexibility index (Phi) is 17.6. The second-order valence-electron chi connectivity index (χ2n) is 6.74. The van der Waals surface area contributed by atoms with Gasteiger partial charge in [-0.05, 0) is 44.4 Å². The van der Waals surface area contributed by atoms with Crippen LogP contribution in [0.25, 0.3) is 0 Å². The van der Waals surface area contributed by atoms with Crippen LogP contribution in [-0.2, 0) is 14.3 Å². The van der Waals surface area contributed by atoms with Gasteiger partial charge in [-0.2, -0.15) is 0 Å². The van der Waals surface area contributed by atoms with E-state index in [1.54, 1.807) is 23.3 Å². The third-order valence-electron chi connectivity index (χ3n) is 4.60. The van der Waals surface area contributed by atoms with Gasteiger partial charge in [0.1, 0.15) is 18.5 Å². The molecule has 1 saturated heterocycles. The minimum atomic E-state index is -0.330. The van der Waals surface area contributed by atoms with Crippen LogP contribution in [0.3, 0.4) is 0 Å². The molecule has 2 atom stereocenters. The molecular weight excluding hydrogens is 426 g/mol. The topological polar surface area (TPSA) is 63.2 Å². The van der Waals surface area contributed by atoms with Gasteiger partial charge in [0.2, 0.25) is 0 Å². The molecule has 0 bridgehead atoms. The first kappa shape index (κ1) is 30.9. The van der Waals surface area contributed by atoms with E-state index in [1.165, 1.54) is 0 Å². The lowest BCUT2D eigenvalue weighted by atomic mass is 10.1. The fourth-order valence-electron chi connectivity index (χ4n) is 3.23. The normalized spacial score (nSPS) is 20.4. The van der Waals surface area contributed by atoms with Crippen molar-refractivity contribution in [1.29, 1.82) is 0 Å². The van der Waals surface area contributed by atoms with Crippen LogP contribution in [0, 0.1) is 0 Å². The van der Waals surface area contributed by atoms with E-state index in [0.717, 1.165) is 12.1 Å². The van der Waals surface area contributed by atoms with Crippen LogP contribution in [-0.4, -0.2) is 55.9 Å². The van der Waals surface area contributed by atoms with Crippen molar-refractivity contribution in [2.45, 2.75) is 53.7 Å². The summed E-state index contributed by atoms with van der Waals surface area (Å²) in [6.07, 6.45) is 17.9. The zero-order valence-corrected chi connectivity index (χ0v) is 21.8. The molecule has 34 heavy (non-hydrogen) atoms. The highest BCUT2D eigenvalue weighted by atomic mass is 16.5. The summed E-state index contributed by atoms with van der Waals surface area (Å²) in [6, 6.07) is -0.127. The van der Waals surface area contributed by atoms with E-state index in [2.05, 4.69) is 23.6 Å². The van der Waals surface area contributed by atoms with E-state index in [-0.39, 0.29) is 18.1 Å². The summed E-state index contributed by atoms with van der Waals surface area (Å²) in [7, 11) is 0. The summed E-state index contributed by atoms with van der Waals surface area (Å²) in [6.45, 7) is 21.3. The summed E-state index contributed by atoms with van der Waals surface area (Å²) < 4.78 is 11.9. The summed E-state index contributed by atoms with van der Waals surface area (Å²) >= 11 is 0. The van der Waals surface area contributed by atoms with Crippen molar-refractivity contribution in [2.24, 2.45) is 4.99 Å². The number of aliphatic imine (C=N–C) groups is 1. The third-order valence-corrected chi connectivity index (χ3v) is 4.60. The molecule has 188 valence electrons. The molecule has 0 aromatic rings. The Morgan fingerprint density at radius 1 is 1.26 bits per heavy atom. The maximum atomic E-state index is 13.2. The zero-order valence-electron chi connectivity index (χ0n) is 21.8. The molecule has 1 fully saturated rings. The molecule has 0 aromatic heterocycles. The monoisotopic (exact) mass is 469 g/mol. The number of rotatable bonds is 9. The smallest absolute Gasteiger partial charge is 0.289 e. The van der Waals surface area contributed by atoms with E-state index in [1.807, 2.05) is 84.1 Å². The zero-order chi connectivity index (χ0) is 25.8. The highest BCUT2D eigenvalue weighted by Crippen LogP contribution is 2.22. The van der Waals surface area contributed by atoms with Crippen LogP contribution in [0.1, 0.15) is 41.5 Å². The van der Waals surface area contributed by atoms with Crippen molar-refractivity contribution < 1.29 is 14.3 Å². The number of nitrogens with one attached hydrogen (secondary N) is 1. The van der Waals surface area contributed by atoms with Crippen molar-refractivity contribution in [1.82, 2.24) is 10.2 Å². The third kappa shape index (κ3) is 10.2. The molecule has 1 amide bonds. The minimum Gasteiger partial charge on any atom is -0.490 e. The summed E-state index contributed by atoms with van der Waals surface area (Å²) in [5.74, 6) is 0.786. The number of allylic oxidation sites excluding steroid dienone is 7. The van der Waals surface area contributed by atoms with Crippen LogP contribution >= 0.6 is 0 Å². The molecule has 2 aliphatic heterocycles. The minimum absolute atomic E-state index is 0.127. The molecule has 2 heterocycles. The van der Waals surface area contributed by atoms with E-state index in [0.29, 0.717) is 31.2 Å². The molecule has 2 rings (SSSR count). The molecule has 2 aliphatic rings. The van der Waals surface area contributed by atoms with Gasteiger partial charge in [-0.1, -0.05) is 70.7 Å². The lowest BCUT2D eigenvalue weighted by molar-refractivity contribution is -0.135. The lowest BCUT2D eigenvalue weighted by Gasteiger charge is -2.37. The Morgan fingerprint density at radius 3 is 2.59 bits per heavy atom. The number of ether oxygens (including phenoxy) is 2. The van der Waals surface area contributed by atoms with Gasteiger partial charge in [0.15, 0.2) is 5.76 Å². The maximum absolute atomic E-state index is 13.2. The first-order valence-corrected chi connectivity index (χ1v) is 12.1. The first-order valence-electron chi connectivity index (χ1n) is 12.1. The molecule has 6 nitrogen and oxygen atoms in total. The molecule has 0 aliphatic carbocycles. The predicted molar refractivity (Wildman–Crippen MR) is 145 cm³/mol. The fraction of sp³-hybridized carbons (Fsp3) is 0.429. The number of hydrogen-bond acceptors (Lipinski definition) is 5. The van der Waals surface area contributed by atoms with Gasteiger partial charge in [0.05, 0.1) is 12.2 Å². The number of carbonyl (C=O) groups is 1. The number of hydrogen-bond donors (Lipinski definition) is 1.